The molecule has 1 aromatic heterocycles. The van der Waals surface area contributed by atoms with Crippen LogP contribution in [-0.2, 0) is 0 Å². The average Bonchev–Trinajstić information content (AvgIpc) is 3.12. The number of hydrazine groups is 1. The highest BCUT2D eigenvalue weighted by molar-refractivity contribution is 6.30. The van der Waals surface area contributed by atoms with E-state index in [0.29, 0.717) is 16.3 Å². The van der Waals surface area contributed by atoms with E-state index in [1.54, 1.807) is 28.9 Å². The largest absolute Gasteiger partial charge is 0.294 e. The van der Waals surface area contributed by atoms with Crippen LogP contribution in [0.1, 0.15) is 35.8 Å². The molecule has 0 unspecified atom stereocenters. The number of aromatic nitrogens is 2. The molecule has 2 aromatic carbocycles. The summed E-state index contributed by atoms with van der Waals surface area (Å²) in [4.78, 5) is 23.3. The van der Waals surface area contributed by atoms with Gasteiger partial charge in [-0.1, -0.05) is 37.6 Å². The molecule has 28 heavy (non-hydrogen) atoms. The summed E-state index contributed by atoms with van der Waals surface area (Å²) in [5.74, 6) is -0.438. The minimum absolute atomic E-state index is 0.00462. The minimum atomic E-state index is -0.521. The summed E-state index contributed by atoms with van der Waals surface area (Å²) >= 11 is 5.94. The molecule has 144 valence electrons. The van der Waals surface area contributed by atoms with E-state index in [1.807, 2.05) is 26.0 Å². The van der Waals surface area contributed by atoms with Gasteiger partial charge in [-0.3, -0.25) is 25.8 Å². The highest BCUT2D eigenvalue weighted by Gasteiger charge is 2.21. The monoisotopic (exact) mass is 399 g/mol. The Labute approximate surface area is 166 Å². The van der Waals surface area contributed by atoms with Crippen LogP contribution in [0, 0.1) is 10.1 Å². The minimum Gasteiger partial charge on any atom is -0.292 e. The lowest BCUT2D eigenvalue weighted by Crippen LogP contribution is -2.30. The molecule has 1 amide bonds. The molecule has 8 nitrogen and oxygen atoms in total. The zero-order valence-electron chi connectivity index (χ0n) is 15.2. The molecule has 0 aliphatic rings. The predicted octanol–water partition coefficient (Wildman–Crippen LogP) is 4.31. The van der Waals surface area contributed by atoms with Crippen LogP contribution in [0.3, 0.4) is 0 Å². The van der Waals surface area contributed by atoms with Gasteiger partial charge >= 0.3 is 0 Å². The van der Waals surface area contributed by atoms with Crippen molar-refractivity contribution in [2.24, 2.45) is 0 Å². The summed E-state index contributed by atoms with van der Waals surface area (Å²) in [6.45, 7) is 3.91. The van der Waals surface area contributed by atoms with Crippen molar-refractivity contribution in [3.05, 3.63) is 81.1 Å². The number of anilines is 1. The number of benzene rings is 2. The molecular formula is C19H18ClN5O3. The molecule has 0 saturated carbocycles. The van der Waals surface area contributed by atoms with E-state index >= 15 is 0 Å². The number of nitrogens with zero attached hydrogens (tertiary/aromatic N) is 3. The average molecular weight is 400 g/mol. The molecule has 2 N–H and O–H groups in total. The summed E-state index contributed by atoms with van der Waals surface area (Å²) in [6, 6.07) is 13.2. The molecule has 0 spiro atoms. The van der Waals surface area contributed by atoms with E-state index in [2.05, 4.69) is 16.0 Å². The Hall–Kier alpha value is -3.39. The van der Waals surface area contributed by atoms with Crippen LogP contribution < -0.4 is 10.9 Å². The molecule has 0 atom stereocenters. The Morgan fingerprint density at radius 3 is 2.50 bits per heavy atom. The summed E-state index contributed by atoms with van der Waals surface area (Å²) in [6.07, 6.45) is 1.47. The Morgan fingerprint density at radius 1 is 1.18 bits per heavy atom. The molecular weight excluding hydrogens is 382 g/mol. The lowest BCUT2D eigenvalue weighted by molar-refractivity contribution is -0.384. The number of amides is 1. The molecule has 9 heteroatoms. The Kier molecular flexibility index (Phi) is 5.60. The van der Waals surface area contributed by atoms with Gasteiger partial charge in [-0.15, -0.1) is 0 Å². The van der Waals surface area contributed by atoms with Crippen molar-refractivity contribution in [1.29, 1.82) is 0 Å². The second kappa shape index (κ2) is 8.10. The van der Waals surface area contributed by atoms with Gasteiger partial charge in [0.15, 0.2) is 0 Å². The van der Waals surface area contributed by atoms with Crippen LogP contribution in [0.25, 0.3) is 5.69 Å². The van der Waals surface area contributed by atoms with E-state index in [-0.39, 0.29) is 17.3 Å². The number of carbonyl (C=O) groups excluding carboxylic acids is 1. The van der Waals surface area contributed by atoms with E-state index in [1.165, 1.54) is 18.3 Å². The topological polar surface area (TPSA) is 102 Å². The number of rotatable bonds is 6. The molecule has 0 bridgehead atoms. The number of halogens is 1. The molecule has 0 aliphatic carbocycles. The molecule has 0 radical (unpaired) electrons. The third-order valence-electron chi connectivity index (χ3n) is 4.08. The van der Waals surface area contributed by atoms with Crippen molar-refractivity contribution in [2.75, 3.05) is 5.43 Å². The van der Waals surface area contributed by atoms with E-state index in [4.69, 9.17) is 11.6 Å². The van der Waals surface area contributed by atoms with Crippen molar-refractivity contribution in [3.8, 4) is 5.69 Å². The maximum atomic E-state index is 12.7. The molecule has 0 saturated heterocycles. The van der Waals surface area contributed by atoms with E-state index in [9.17, 15) is 14.9 Å². The van der Waals surface area contributed by atoms with Crippen molar-refractivity contribution < 1.29 is 9.72 Å². The Morgan fingerprint density at radius 2 is 1.86 bits per heavy atom. The van der Waals surface area contributed by atoms with Gasteiger partial charge in [0.05, 0.1) is 28.1 Å². The van der Waals surface area contributed by atoms with Crippen LogP contribution in [0.5, 0.6) is 0 Å². The number of hydrogen-bond acceptors (Lipinski definition) is 5. The Balaban J connectivity index is 1.86. The SMILES string of the molecule is CC(C)c1c(C(=O)NNc2ccccc2[N+](=O)[O-])cnn1-c1ccc(Cl)cc1. The van der Waals surface area contributed by atoms with Crippen LogP contribution in [0.2, 0.25) is 5.02 Å². The highest BCUT2D eigenvalue weighted by atomic mass is 35.5. The summed E-state index contributed by atoms with van der Waals surface area (Å²) in [5, 5.41) is 16.0. The quantitative estimate of drug-likeness (QED) is 0.475. The third kappa shape index (κ3) is 3.96. The van der Waals surface area contributed by atoms with Crippen molar-refractivity contribution in [1.82, 2.24) is 15.2 Å². The molecule has 1 heterocycles. The number of nitro benzene ring substituents is 1. The van der Waals surface area contributed by atoms with Gasteiger partial charge in [0.2, 0.25) is 0 Å². The van der Waals surface area contributed by atoms with Crippen molar-refractivity contribution >= 4 is 28.9 Å². The van der Waals surface area contributed by atoms with Crippen LogP contribution >= 0.6 is 11.6 Å². The van der Waals surface area contributed by atoms with E-state index < -0.39 is 10.8 Å². The van der Waals surface area contributed by atoms with Crippen LogP contribution in [-0.4, -0.2) is 20.6 Å². The maximum absolute atomic E-state index is 12.7. The van der Waals surface area contributed by atoms with Gasteiger partial charge in [-0.05, 0) is 36.2 Å². The first kappa shape index (κ1) is 19.4. The third-order valence-corrected chi connectivity index (χ3v) is 4.33. The van der Waals surface area contributed by atoms with Gasteiger partial charge < -0.3 is 0 Å². The second-order valence-corrected chi connectivity index (χ2v) is 6.78. The first-order valence-electron chi connectivity index (χ1n) is 8.52. The highest BCUT2D eigenvalue weighted by Crippen LogP contribution is 2.25. The summed E-state index contributed by atoms with van der Waals surface area (Å²) in [7, 11) is 0. The number of hydrogen-bond donors (Lipinski definition) is 2. The fraction of sp³-hybridized carbons (Fsp3) is 0.158. The van der Waals surface area contributed by atoms with Crippen molar-refractivity contribution in [2.45, 2.75) is 19.8 Å². The fourth-order valence-corrected chi connectivity index (χ4v) is 2.93. The first-order chi connectivity index (χ1) is 13.4. The smallest absolute Gasteiger partial charge is 0.292 e. The lowest BCUT2D eigenvalue weighted by atomic mass is 10.1. The second-order valence-electron chi connectivity index (χ2n) is 6.34. The summed E-state index contributed by atoms with van der Waals surface area (Å²) < 4.78 is 1.68. The Bertz CT molecular complexity index is 1010. The molecule has 3 aromatic rings. The van der Waals surface area contributed by atoms with Gasteiger partial charge in [-0.25, -0.2) is 4.68 Å². The number of nitrogens with one attached hydrogen (secondary N) is 2. The number of carbonyl (C=O) groups is 1. The molecule has 0 fully saturated rings. The van der Waals surface area contributed by atoms with Gasteiger partial charge in [0.25, 0.3) is 11.6 Å². The van der Waals surface area contributed by atoms with Gasteiger partial charge in [0.1, 0.15) is 5.69 Å². The predicted molar refractivity (Wildman–Crippen MR) is 107 cm³/mol. The number of nitro groups is 1. The zero-order valence-corrected chi connectivity index (χ0v) is 16.0. The molecule has 3 rings (SSSR count). The normalized spacial score (nSPS) is 10.7. The molecule has 0 aliphatic heterocycles. The standard InChI is InChI=1S/C19H18ClN5O3/c1-12(2)18-15(11-21-24(18)14-9-7-13(20)8-10-14)19(26)23-22-16-5-3-4-6-17(16)25(27)28/h3-12,22H,1-2H3,(H,23,26). The first-order valence-corrected chi connectivity index (χ1v) is 8.90. The van der Waals surface area contributed by atoms with Gasteiger partial charge in [0, 0.05) is 11.1 Å². The van der Waals surface area contributed by atoms with Crippen LogP contribution in [0.4, 0.5) is 11.4 Å². The lowest BCUT2D eigenvalue weighted by Gasteiger charge is -2.13. The van der Waals surface area contributed by atoms with Gasteiger partial charge in [-0.2, -0.15) is 5.10 Å². The fourth-order valence-electron chi connectivity index (χ4n) is 2.81. The summed E-state index contributed by atoms with van der Waals surface area (Å²) in [5.41, 5.74) is 7.05. The maximum Gasteiger partial charge on any atom is 0.294 e. The zero-order chi connectivity index (χ0) is 20.3. The van der Waals surface area contributed by atoms with Crippen LogP contribution in [0.15, 0.2) is 54.7 Å². The number of para-hydroxylation sites is 2. The van der Waals surface area contributed by atoms with E-state index in [0.717, 1.165) is 5.69 Å². The van der Waals surface area contributed by atoms with Crippen molar-refractivity contribution in [3.63, 3.8) is 0 Å².